The largest absolute Gasteiger partial charge is 0.379 e. The predicted molar refractivity (Wildman–Crippen MR) is 81.9 cm³/mol. The molecule has 3 aromatic rings. The van der Waals surface area contributed by atoms with Crippen LogP contribution in [0.5, 0.6) is 0 Å². The maximum atomic E-state index is 4.63. The van der Waals surface area contributed by atoms with Gasteiger partial charge < -0.3 is 5.32 Å². The van der Waals surface area contributed by atoms with Crippen molar-refractivity contribution < 1.29 is 0 Å². The van der Waals surface area contributed by atoms with E-state index in [1.165, 1.54) is 5.56 Å². The van der Waals surface area contributed by atoms with Gasteiger partial charge in [0.1, 0.15) is 0 Å². The maximum Gasteiger partial charge on any atom is 0.0936 e. The highest BCUT2D eigenvalue weighted by atomic mass is 15.1. The van der Waals surface area contributed by atoms with Gasteiger partial charge in [-0.15, -0.1) is 0 Å². The van der Waals surface area contributed by atoms with Gasteiger partial charge >= 0.3 is 0 Å². The zero-order valence-electron chi connectivity index (χ0n) is 12.0. The fraction of sp³-hybridized carbons (Fsp3) is 0.250. The molecular formula is C16H18N4. The Labute approximate surface area is 118 Å². The molecule has 0 saturated heterocycles. The zero-order valence-corrected chi connectivity index (χ0v) is 12.0. The van der Waals surface area contributed by atoms with E-state index >= 15 is 0 Å². The lowest BCUT2D eigenvalue weighted by Gasteiger charge is -2.10. The summed E-state index contributed by atoms with van der Waals surface area (Å²) in [7, 11) is 0. The highest BCUT2D eigenvalue weighted by Gasteiger charge is 2.07. The van der Waals surface area contributed by atoms with Crippen LogP contribution in [-0.2, 0) is 6.54 Å². The van der Waals surface area contributed by atoms with E-state index in [2.05, 4.69) is 44.8 Å². The minimum atomic E-state index is 0.753. The molecule has 2 aromatic heterocycles. The molecule has 1 aromatic carbocycles. The molecule has 0 aliphatic heterocycles. The first-order valence-corrected chi connectivity index (χ1v) is 6.76. The molecule has 0 radical (unpaired) electrons. The van der Waals surface area contributed by atoms with Crippen molar-refractivity contribution in [3.05, 3.63) is 53.0 Å². The molecule has 0 fully saturated rings. The Hall–Kier alpha value is -2.36. The number of aromatic amines is 1. The normalized spacial score (nSPS) is 10.9. The summed E-state index contributed by atoms with van der Waals surface area (Å²) < 4.78 is 0. The van der Waals surface area contributed by atoms with Crippen molar-refractivity contribution in [1.82, 2.24) is 15.2 Å². The molecule has 2 N–H and O–H groups in total. The number of hydrogen-bond acceptors (Lipinski definition) is 3. The van der Waals surface area contributed by atoms with Gasteiger partial charge in [0.2, 0.25) is 0 Å². The number of para-hydroxylation sites is 1. The summed E-state index contributed by atoms with van der Waals surface area (Å²) in [5.74, 6) is 0. The van der Waals surface area contributed by atoms with Crippen LogP contribution >= 0.6 is 0 Å². The van der Waals surface area contributed by atoms with Gasteiger partial charge in [0, 0.05) is 28.9 Å². The molecular weight excluding hydrogens is 248 g/mol. The van der Waals surface area contributed by atoms with Crippen molar-refractivity contribution in [3.63, 3.8) is 0 Å². The number of benzene rings is 1. The summed E-state index contributed by atoms with van der Waals surface area (Å²) in [6.45, 7) is 6.83. The Balaban J connectivity index is 1.93. The molecule has 0 saturated carbocycles. The molecule has 0 bridgehead atoms. The average Bonchev–Trinajstić information content (AvgIpc) is 2.76. The second-order valence-electron chi connectivity index (χ2n) is 5.10. The zero-order chi connectivity index (χ0) is 14.1. The third kappa shape index (κ3) is 2.25. The molecule has 0 amide bonds. The predicted octanol–water partition coefficient (Wildman–Crippen LogP) is 3.50. The summed E-state index contributed by atoms with van der Waals surface area (Å²) in [5.41, 5.74) is 6.48. The molecule has 4 heteroatoms. The first-order chi connectivity index (χ1) is 9.65. The lowest BCUT2D eigenvalue weighted by atomic mass is 10.1. The van der Waals surface area contributed by atoms with Gasteiger partial charge in [-0.2, -0.15) is 5.10 Å². The van der Waals surface area contributed by atoms with Gasteiger partial charge in [0.05, 0.1) is 16.9 Å². The van der Waals surface area contributed by atoms with E-state index in [4.69, 9.17) is 0 Å². The first-order valence-electron chi connectivity index (χ1n) is 6.76. The lowest BCUT2D eigenvalue weighted by molar-refractivity contribution is 1.02. The standard InChI is InChI=1S/C16H18N4/c1-10-7-8-13-5-4-6-15(16(13)18-10)17-9-14-11(2)19-20-12(14)3/h4-8,17H,9H2,1-3H3,(H,19,20). The van der Waals surface area contributed by atoms with Gasteiger partial charge in [0.25, 0.3) is 0 Å². The lowest BCUT2D eigenvalue weighted by Crippen LogP contribution is -2.02. The fourth-order valence-corrected chi connectivity index (χ4v) is 2.41. The van der Waals surface area contributed by atoms with E-state index in [-0.39, 0.29) is 0 Å². The number of hydrogen-bond donors (Lipinski definition) is 2. The van der Waals surface area contributed by atoms with Crippen LogP contribution in [0.1, 0.15) is 22.6 Å². The van der Waals surface area contributed by atoms with Crippen molar-refractivity contribution in [1.29, 1.82) is 0 Å². The number of aryl methyl sites for hydroxylation is 3. The van der Waals surface area contributed by atoms with E-state index in [0.717, 1.165) is 40.2 Å². The summed E-state index contributed by atoms with van der Waals surface area (Å²) in [5, 5.41) is 11.9. The number of rotatable bonds is 3. The second kappa shape index (κ2) is 4.96. The average molecular weight is 266 g/mol. The number of nitrogens with zero attached hydrogens (tertiary/aromatic N) is 2. The molecule has 0 aliphatic carbocycles. The van der Waals surface area contributed by atoms with Crippen molar-refractivity contribution in [2.24, 2.45) is 0 Å². The maximum absolute atomic E-state index is 4.63. The molecule has 0 atom stereocenters. The van der Waals surface area contributed by atoms with Crippen LogP contribution < -0.4 is 5.32 Å². The summed E-state index contributed by atoms with van der Waals surface area (Å²) in [4.78, 5) is 4.63. The van der Waals surface area contributed by atoms with Gasteiger partial charge in [0.15, 0.2) is 0 Å². The SMILES string of the molecule is Cc1ccc2cccc(NCc3c(C)n[nH]c3C)c2n1. The smallest absolute Gasteiger partial charge is 0.0936 e. The number of nitrogens with one attached hydrogen (secondary N) is 2. The number of aromatic nitrogens is 3. The Kier molecular flexibility index (Phi) is 3.14. The highest BCUT2D eigenvalue weighted by Crippen LogP contribution is 2.23. The highest BCUT2D eigenvalue weighted by molar-refractivity contribution is 5.90. The summed E-state index contributed by atoms with van der Waals surface area (Å²) >= 11 is 0. The number of anilines is 1. The Morgan fingerprint density at radius 2 is 1.95 bits per heavy atom. The van der Waals surface area contributed by atoms with E-state index in [0.29, 0.717) is 0 Å². The van der Waals surface area contributed by atoms with Gasteiger partial charge in [-0.25, -0.2) is 0 Å². The van der Waals surface area contributed by atoms with Crippen molar-refractivity contribution in [2.75, 3.05) is 5.32 Å². The summed E-state index contributed by atoms with van der Waals surface area (Å²) in [6, 6.07) is 10.4. The number of pyridine rings is 1. The molecule has 0 unspecified atom stereocenters. The first kappa shape index (κ1) is 12.7. The molecule has 3 rings (SSSR count). The van der Waals surface area contributed by atoms with E-state index in [1.54, 1.807) is 0 Å². The molecule has 2 heterocycles. The molecule has 20 heavy (non-hydrogen) atoms. The van der Waals surface area contributed by atoms with Crippen LogP contribution in [0.2, 0.25) is 0 Å². The molecule has 102 valence electrons. The van der Waals surface area contributed by atoms with Gasteiger partial charge in [-0.1, -0.05) is 18.2 Å². The van der Waals surface area contributed by atoms with Gasteiger partial charge in [-0.3, -0.25) is 10.1 Å². The Bertz CT molecular complexity index is 739. The van der Waals surface area contributed by atoms with E-state index < -0.39 is 0 Å². The Morgan fingerprint density at radius 3 is 2.70 bits per heavy atom. The number of H-pyrrole nitrogens is 1. The van der Waals surface area contributed by atoms with Crippen LogP contribution in [0, 0.1) is 20.8 Å². The van der Waals surface area contributed by atoms with Gasteiger partial charge in [-0.05, 0) is 32.9 Å². The van der Waals surface area contributed by atoms with Crippen molar-refractivity contribution >= 4 is 16.6 Å². The van der Waals surface area contributed by atoms with Crippen LogP contribution in [0.3, 0.4) is 0 Å². The minimum Gasteiger partial charge on any atom is -0.379 e. The quantitative estimate of drug-likeness (QED) is 0.763. The third-order valence-corrected chi connectivity index (χ3v) is 3.60. The molecule has 0 aliphatic rings. The van der Waals surface area contributed by atoms with E-state index in [9.17, 15) is 0 Å². The van der Waals surface area contributed by atoms with Crippen LogP contribution in [0.25, 0.3) is 10.9 Å². The van der Waals surface area contributed by atoms with Crippen LogP contribution in [-0.4, -0.2) is 15.2 Å². The second-order valence-corrected chi connectivity index (χ2v) is 5.10. The molecule has 0 spiro atoms. The van der Waals surface area contributed by atoms with Crippen LogP contribution in [0.15, 0.2) is 30.3 Å². The summed E-state index contributed by atoms with van der Waals surface area (Å²) in [6.07, 6.45) is 0. The van der Waals surface area contributed by atoms with Crippen molar-refractivity contribution in [3.8, 4) is 0 Å². The van der Waals surface area contributed by atoms with Crippen molar-refractivity contribution in [2.45, 2.75) is 27.3 Å². The fourth-order valence-electron chi connectivity index (χ4n) is 2.41. The topological polar surface area (TPSA) is 53.6 Å². The molecule has 4 nitrogen and oxygen atoms in total. The Morgan fingerprint density at radius 1 is 1.10 bits per heavy atom. The monoisotopic (exact) mass is 266 g/mol. The third-order valence-electron chi connectivity index (χ3n) is 3.60. The minimum absolute atomic E-state index is 0.753. The van der Waals surface area contributed by atoms with E-state index in [1.807, 2.05) is 26.8 Å². The number of fused-ring (bicyclic) bond motifs is 1. The van der Waals surface area contributed by atoms with Crippen LogP contribution in [0.4, 0.5) is 5.69 Å².